The van der Waals surface area contributed by atoms with E-state index in [1.807, 2.05) is 30.3 Å². The van der Waals surface area contributed by atoms with Crippen LogP contribution < -0.4 is 0 Å². The SMILES string of the molecule is CN1CCN(CC2CCC(C(=O)Cc3cc4cc(-c5cnn(C)c5)ccc4cn3)CC2)CC1. The lowest BCUT2D eigenvalue weighted by molar-refractivity contribution is -0.123. The smallest absolute Gasteiger partial charge is 0.141 e. The van der Waals surface area contributed by atoms with E-state index in [0.717, 1.165) is 46.4 Å². The Labute approximate surface area is 196 Å². The second-order valence-electron chi connectivity index (χ2n) is 10.1. The van der Waals surface area contributed by atoms with Crippen LogP contribution in [0.5, 0.6) is 0 Å². The maximum Gasteiger partial charge on any atom is 0.141 e. The Hall–Kier alpha value is -2.57. The van der Waals surface area contributed by atoms with Gasteiger partial charge in [-0.2, -0.15) is 5.10 Å². The summed E-state index contributed by atoms with van der Waals surface area (Å²) in [5.74, 6) is 1.32. The van der Waals surface area contributed by atoms with Gasteiger partial charge in [0.25, 0.3) is 0 Å². The lowest BCUT2D eigenvalue weighted by Crippen LogP contribution is -2.46. The number of ketones is 1. The van der Waals surface area contributed by atoms with E-state index in [1.165, 1.54) is 45.6 Å². The molecule has 5 rings (SSSR count). The third-order valence-corrected chi connectivity index (χ3v) is 7.59. The molecule has 1 aliphatic heterocycles. The van der Waals surface area contributed by atoms with Crippen LogP contribution in [-0.2, 0) is 18.3 Å². The number of carbonyl (C=O) groups excluding carboxylic acids is 1. The number of aromatic nitrogens is 3. The van der Waals surface area contributed by atoms with Crippen molar-refractivity contribution in [1.82, 2.24) is 24.6 Å². The summed E-state index contributed by atoms with van der Waals surface area (Å²) in [6.07, 6.45) is 10.7. The molecule has 0 N–H and O–H groups in total. The van der Waals surface area contributed by atoms with E-state index in [1.54, 1.807) is 0 Å². The van der Waals surface area contributed by atoms with Crippen molar-refractivity contribution in [3.05, 3.63) is 48.5 Å². The van der Waals surface area contributed by atoms with Crippen LogP contribution in [0.25, 0.3) is 21.9 Å². The van der Waals surface area contributed by atoms with E-state index in [0.29, 0.717) is 12.2 Å². The van der Waals surface area contributed by atoms with E-state index in [4.69, 9.17) is 0 Å². The molecule has 0 radical (unpaired) electrons. The molecule has 0 amide bonds. The number of aryl methyl sites for hydroxylation is 1. The van der Waals surface area contributed by atoms with Crippen molar-refractivity contribution in [1.29, 1.82) is 0 Å². The molecule has 1 saturated heterocycles. The average molecular weight is 446 g/mol. The third-order valence-electron chi connectivity index (χ3n) is 7.59. The summed E-state index contributed by atoms with van der Waals surface area (Å²) in [5.41, 5.74) is 3.12. The van der Waals surface area contributed by atoms with Crippen molar-refractivity contribution in [2.75, 3.05) is 39.8 Å². The number of nitrogens with zero attached hydrogens (tertiary/aromatic N) is 5. The zero-order valence-corrected chi connectivity index (χ0v) is 19.9. The molecule has 3 heterocycles. The minimum absolute atomic E-state index is 0.202. The molecule has 2 fully saturated rings. The van der Waals surface area contributed by atoms with Gasteiger partial charge in [-0.15, -0.1) is 0 Å². The highest BCUT2D eigenvalue weighted by molar-refractivity contribution is 5.88. The second kappa shape index (κ2) is 9.74. The Kier molecular flexibility index (Phi) is 6.56. The summed E-state index contributed by atoms with van der Waals surface area (Å²) in [5, 5.41) is 6.51. The zero-order valence-electron chi connectivity index (χ0n) is 19.9. The minimum Gasteiger partial charge on any atom is -0.304 e. The van der Waals surface area contributed by atoms with Crippen LogP contribution in [0.4, 0.5) is 0 Å². The van der Waals surface area contributed by atoms with Gasteiger partial charge in [-0.25, -0.2) is 0 Å². The lowest BCUT2D eigenvalue weighted by atomic mass is 9.79. The van der Waals surface area contributed by atoms with Gasteiger partial charge in [-0.1, -0.05) is 12.1 Å². The van der Waals surface area contributed by atoms with Crippen molar-refractivity contribution in [3.63, 3.8) is 0 Å². The molecule has 0 bridgehead atoms. The molecule has 2 aromatic heterocycles. The van der Waals surface area contributed by atoms with Gasteiger partial charge in [0, 0.05) is 81.1 Å². The van der Waals surface area contributed by atoms with Gasteiger partial charge < -0.3 is 9.80 Å². The summed E-state index contributed by atoms with van der Waals surface area (Å²) < 4.78 is 1.82. The fourth-order valence-electron chi connectivity index (χ4n) is 5.42. The van der Waals surface area contributed by atoms with Crippen LogP contribution >= 0.6 is 0 Å². The van der Waals surface area contributed by atoms with Crippen LogP contribution in [0, 0.1) is 11.8 Å². The van der Waals surface area contributed by atoms with Crippen LogP contribution in [0.15, 0.2) is 42.9 Å². The first-order valence-corrected chi connectivity index (χ1v) is 12.3. The molecular formula is C27H35N5O. The van der Waals surface area contributed by atoms with Crippen molar-refractivity contribution < 1.29 is 4.79 Å². The monoisotopic (exact) mass is 445 g/mol. The second-order valence-corrected chi connectivity index (χ2v) is 10.1. The van der Waals surface area contributed by atoms with E-state index in [9.17, 15) is 4.79 Å². The highest BCUT2D eigenvalue weighted by Gasteiger charge is 2.28. The van der Waals surface area contributed by atoms with Crippen LogP contribution in [-0.4, -0.2) is 70.1 Å². The number of piperazine rings is 1. The Morgan fingerprint density at radius 1 is 0.939 bits per heavy atom. The van der Waals surface area contributed by atoms with Gasteiger partial charge in [0.15, 0.2) is 0 Å². The molecule has 6 heteroatoms. The summed E-state index contributed by atoms with van der Waals surface area (Å²) in [6.45, 7) is 5.93. The molecule has 1 aliphatic carbocycles. The normalized spacial score (nSPS) is 22.6. The molecule has 33 heavy (non-hydrogen) atoms. The van der Waals surface area contributed by atoms with Crippen LogP contribution in [0.2, 0.25) is 0 Å². The summed E-state index contributed by atoms with van der Waals surface area (Å²) in [7, 11) is 4.14. The largest absolute Gasteiger partial charge is 0.304 e. The highest BCUT2D eigenvalue weighted by atomic mass is 16.1. The molecule has 0 unspecified atom stereocenters. The summed E-state index contributed by atoms with van der Waals surface area (Å²) >= 11 is 0. The van der Waals surface area contributed by atoms with Gasteiger partial charge in [0.2, 0.25) is 0 Å². The average Bonchev–Trinajstić information content (AvgIpc) is 3.27. The Morgan fingerprint density at radius 3 is 2.45 bits per heavy atom. The molecule has 174 valence electrons. The number of carbonyl (C=O) groups is 1. The third kappa shape index (κ3) is 5.33. The molecule has 3 aromatic rings. The van der Waals surface area contributed by atoms with Crippen molar-refractivity contribution in [3.8, 4) is 11.1 Å². The first-order chi connectivity index (χ1) is 16.0. The van der Waals surface area contributed by atoms with Crippen LogP contribution in [0.3, 0.4) is 0 Å². The molecule has 1 saturated carbocycles. The van der Waals surface area contributed by atoms with Gasteiger partial charge in [-0.05, 0) is 61.7 Å². The summed E-state index contributed by atoms with van der Waals surface area (Å²) in [6, 6.07) is 8.46. The number of hydrogen-bond acceptors (Lipinski definition) is 5. The number of pyridine rings is 1. The quantitative estimate of drug-likeness (QED) is 0.578. The van der Waals surface area contributed by atoms with E-state index in [-0.39, 0.29) is 5.92 Å². The van der Waals surface area contributed by atoms with E-state index < -0.39 is 0 Å². The summed E-state index contributed by atoms with van der Waals surface area (Å²) in [4.78, 5) is 22.7. The number of fused-ring (bicyclic) bond motifs is 1. The predicted octanol–water partition coefficient (Wildman–Crippen LogP) is 3.80. The fraction of sp³-hybridized carbons (Fsp3) is 0.519. The van der Waals surface area contributed by atoms with Gasteiger partial charge >= 0.3 is 0 Å². The van der Waals surface area contributed by atoms with E-state index >= 15 is 0 Å². The number of rotatable bonds is 6. The lowest BCUT2D eigenvalue weighted by Gasteiger charge is -2.36. The van der Waals surface area contributed by atoms with Crippen molar-refractivity contribution in [2.45, 2.75) is 32.1 Å². The first-order valence-electron chi connectivity index (χ1n) is 12.3. The first kappa shape index (κ1) is 22.2. The Balaban J connectivity index is 1.18. The Morgan fingerprint density at radius 2 is 1.73 bits per heavy atom. The van der Waals surface area contributed by atoms with Gasteiger partial charge in [0.05, 0.1) is 6.20 Å². The number of benzene rings is 1. The number of likely N-dealkylation sites (N-methyl/N-ethyl adjacent to an activating group) is 1. The molecule has 6 nitrogen and oxygen atoms in total. The maximum absolute atomic E-state index is 13.1. The van der Waals surface area contributed by atoms with Gasteiger partial charge in [-0.3, -0.25) is 14.5 Å². The van der Waals surface area contributed by atoms with E-state index in [2.05, 4.69) is 51.2 Å². The topological polar surface area (TPSA) is 54.3 Å². The number of Topliss-reactive ketones (excluding diaryl/α,β-unsaturated/α-hetero) is 1. The highest BCUT2D eigenvalue weighted by Crippen LogP contribution is 2.31. The van der Waals surface area contributed by atoms with Gasteiger partial charge in [0.1, 0.15) is 5.78 Å². The molecular weight excluding hydrogens is 410 g/mol. The minimum atomic E-state index is 0.202. The zero-order chi connectivity index (χ0) is 22.8. The fourth-order valence-corrected chi connectivity index (χ4v) is 5.42. The maximum atomic E-state index is 13.1. The Bertz CT molecular complexity index is 1110. The standard InChI is InChI=1S/C27H35N5O/c1-30-9-11-32(12-10-30)18-20-3-5-21(6-4-20)27(33)15-26-14-24-13-22(7-8-23(24)16-28-26)25-17-29-31(2)19-25/h7-8,13-14,16-17,19-21H,3-6,9-12,15,18H2,1-2H3. The van der Waals surface area contributed by atoms with Crippen molar-refractivity contribution >= 4 is 16.6 Å². The molecule has 0 atom stereocenters. The molecule has 2 aliphatic rings. The molecule has 1 aromatic carbocycles. The number of hydrogen-bond donors (Lipinski definition) is 0. The molecule has 0 spiro atoms. The van der Waals surface area contributed by atoms with Crippen molar-refractivity contribution in [2.24, 2.45) is 18.9 Å². The van der Waals surface area contributed by atoms with Crippen LogP contribution in [0.1, 0.15) is 31.4 Å². The predicted molar refractivity (Wildman–Crippen MR) is 132 cm³/mol.